The van der Waals surface area contributed by atoms with Gasteiger partial charge in [-0.05, 0) is 12.1 Å². The molecular weight excluding hydrogens is 230 g/mol. The Morgan fingerprint density at radius 3 is 2.41 bits per heavy atom. The first-order valence-corrected chi connectivity index (χ1v) is 4.74. The van der Waals surface area contributed by atoms with Gasteiger partial charge in [-0.25, -0.2) is 8.78 Å². The Bertz CT molecular complexity index is 524. The third-order valence-corrected chi connectivity index (χ3v) is 2.22. The maximum absolute atomic E-state index is 13.6. The predicted molar refractivity (Wildman–Crippen MR) is 55.1 cm³/mol. The number of carbonyl (C=O) groups is 1. The lowest BCUT2D eigenvalue weighted by atomic mass is 10.1. The molecule has 0 saturated heterocycles. The number of rotatable bonds is 3. The molecule has 0 aliphatic heterocycles. The predicted octanol–water partition coefficient (Wildman–Crippen LogP) is 2.80. The summed E-state index contributed by atoms with van der Waals surface area (Å²) in [4.78, 5) is 11.7. The average Bonchev–Trinajstić information content (AvgIpc) is 2.81. The number of carbonyl (C=O) groups excluding carboxylic acids is 1. The van der Waals surface area contributed by atoms with Gasteiger partial charge in [0.15, 0.2) is 5.76 Å². The topological polar surface area (TPSA) is 39.4 Å². The number of hydrogen-bond acceptors (Lipinski definition) is 3. The van der Waals surface area contributed by atoms with Crippen LogP contribution in [-0.4, -0.2) is 12.9 Å². The van der Waals surface area contributed by atoms with Crippen molar-refractivity contribution in [1.29, 1.82) is 0 Å². The maximum Gasteiger partial charge on any atom is 0.234 e. The summed E-state index contributed by atoms with van der Waals surface area (Å²) in [6, 6.07) is 4.69. The smallest absolute Gasteiger partial charge is 0.234 e. The molecule has 0 aliphatic carbocycles. The van der Waals surface area contributed by atoms with Crippen LogP contribution in [0.3, 0.4) is 0 Å². The Hall–Kier alpha value is -2.17. The molecule has 3 nitrogen and oxygen atoms in total. The first kappa shape index (κ1) is 11.3. The molecule has 0 radical (unpaired) electrons. The number of ether oxygens (including phenoxy) is 1. The van der Waals surface area contributed by atoms with E-state index < -0.39 is 23.0 Å². The van der Waals surface area contributed by atoms with E-state index in [-0.39, 0.29) is 11.5 Å². The normalized spacial score (nSPS) is 10.3. The minimum atomic E-state index is -0.983. The first-order valence-electron chi connectivity index (χ1n) is 4.74. The van der Waals surface area contributed by atoms with E-state index >= 15 is 0 Å². The largest absolute Gasteiger partial charge is 0.497 e. The summed E-state index contributed by atoms with van der Waals surface area (Å²) in [5.74, 6) is -2.91. The molecule has 1 aromatic carbocycles. The summed E-state index contributed by atoms with van der Waals surface area (Å²) < 4.78 is 36.6. The second-order valence-corrected chi connectivity index (χ2v) is 3.27. The number of methoxy groups -OCH3 is 1. The standard InChI is InChI=1S/C12H8F2O3/c1-16-7-5-8(13)11(9(14)6-7)12(15)10-3-2-4-17-10/h2-6H,1H3. The molecule has 0 fully saturated rings. The lowest BCUT2D eigenvalue weighted by molar-refractivity contribution is 0.100. The molecule has 0 amide bonds. The molecule has 1 aromatic heterocycles. The van der Waals surface area contributed by atoms with Gasteiger partial charge in [0.05, 0.1) is 18.9 Å². The Labute approximate surface area is 95.6 Å². The van der Waals surface area contributed by atoms with Crippen LogP contribution in [0.1, 0.15) is 16.1 Å². The van der Waals surface area contributed by atoms with E-state index in [9.17, 15) is 13.6 Å². The highest BCUT2D eigenvalue weighted by Crippen LogP contribution is 2.23. The van der Waals surface area contributed by atoms with Crippen molar-refractivity contribution in [1.82, 2.24) is 0 Å². The molecule has 5 heteroatoms. The summed E-state index contributed by atoms with van der Waals surface area (Å²) >= 11 is 0. The highest BCUT2D eigenvalue weighted by atomic mass is 19.1. The molecule has 0 bridgehead atoms. The van der Waals surface area contributed by atoms with Crippen LogP contribution in [0.25, 0.3) is 0 Å². The number of hydrogen-bond donors (Lipinski definition) is 0. The SMILES string of the molecule is COc1cc(F)c(C(=O)c2ccco2)c(F)c1. The van der Waals surface area contributed by atoms with E-state index in [0.717, 1.165) is 12.1 Å². The van der Waals surface area contributed by atoms with Crippen molar-refractivity contribution < 1.29 is 22.7 Å². The summed E-state index contributed by atoms with van der Waals surface area (Å²) in [7, 11) is 1.28. The Morgan fingerprint density at radius 1 is 1.29 bits per heavy atom. The van der Waals surface area contributed by atoms with Gasteiger partial charge in [-0.15, -0.1) is 0 Å². The third kappa shape index (κ3) is 2.04. The van der Waals surface area contributed by atoms with E-state index in [1.165, 1.54) is 25.5 Å². The maximum atomic E-state index is 13.6. The van der Waals surface area contributed by atoms with Crippen LogP contribution in [-0.2, 0) is 0 Å². The molecule has 0 N–H and O–H groups in total. The van der Waals surface area contributed by atoms with Crippen LogP contribution >= 0.6 is 0 Å². The fourth-order valence-corrected chi connectivity index (χ4v) is 1.42. The van der Waals surface area contributed by atoms with E-state index in [0.29, 0.717) is 0 Å². The molecule has 0 saturated carbocycles. The molecule has 1 heterocycles. The molecule has 0 unspecified atom stereocenters. The number of ketones is 1. The summed E-state index contributed by atoms with van der Waals surface area (Å²) in [5, 5.41) is 0. The highest BCUT2D eigenvalue weighted by Gasteiger charge is 2.22. The van der Waals surface area contributed by atoms with Gasteiger partial charge in [0.25, 0.3) is 0 Å². The lowest BCUT2D eigenvalue weighted by Gasteiger charge is -2.05. The van der Waals surface area contributed by atoms with Gasteiger partial charge in [0.2, 0.25) is 5.78 Å². The monoisotopic (exact) mass is 238 g/mol. The van der Waals surface area contributed by atoms with Crippen molar-refractivity contribution in [3.8, 4) is 5.75 Å². The molecule has 2 rings (SSSR count). The van der Waals surface area contributed by atoms with Gasteiger partial charge < -0.3 is 9.15 Å². The Morgan fingerprint density at radius 2 is 1.94 bits per heavy atom. The van der Waals surface area contributed by atoms with Crippen LogP contribution in [0.4, 0.5) is 8.78 Å². The first-order chi connectivity index (χ1) is 8.13. The zero-order valence-electron chi connectivity index (χ0n) is 8.87. The van der Waals surface area contributed by atoms with Crippen LogP contribution in [0.15, 0.2) is 34.9 Å². The van der Waals surface area contributed by atoms with E-state index in [1.807, 2.05) is 0 Å². The summed E-state index contributed by atoms with van der Waals surface area (Å²) in [6.07, 6.45) is 1.26. The highest BCUT2D eigenvalue weighted by molar-refractivity contribution is 6.07. The van der Waals surface area contributed by atoms with E-state index in [2.05, 4.69) is 4.74 Å². The minimum Gasteiger partial charge on any atom is -0.497 e. The Balaban J connectivity index is 2.49. The molecule has 17 heavy (non-hydrogen) atoms. The van der Waals surface area contributed by atoms with Crippen molar-refractivity contribution in [3.05, 3.63) is 53.5 Å². The molecule has 0 spiro atoms. The second-order valence-electron chi connectivity index (χ2n) is 3.27. The van der Waals surface area contributed by atoms with Gasteiger partial charge >= 0.3 is 0 Å². The van der Waals surface area contributed by atoms with Crippen LogP contribution in [0, 0.1) is 11.6 Å². The molecule has 2 aromatic rings. The van der Waals surface area contributed by atoms with Crippen LogP contribution < -0.4 is 4.74 Å². The van der Waals surface area contributed by atoms with Gasteiger partial charge in [0, 0.05) is 12.1 Å². The van der Waals surface area contributed by atoms with E-state index in [4.69, 9.17) is 4.42 Å². The fourth-order valence-electron chi connectivity index (χ4n) is 1.42. The molecule has 0 atom stereocenters. The number of furan rings is 1. The minimum absolute atomic E-state index is 0.0102. The van der Waals surface area contributed by atoms with Crippen molar-refractivity contribution in [2.75, 3.05) is 7.11 Å². The van der Waals surface area contributed by atoms with Crippen molar-refractivity contribution in [2.45, 2.75) is 0 Å². The van der Waals surface area contributed by atoms with Gasteiger partial charge in [-0.2, -0.15) is 0 Å². The number of benzene rings is 1. The van der Waals surface area contributed by atoms with Crippen molar-refractivity contribution in [2.24, 2.45) is 0 Å². The summed E-state index contributed by atoms with van der Waals surface area (Å²) in [6.45, 7) is 0. The van der Waals surface area contributed by atoms with Crippen molar-refractivity contribution in [3.63, 3.8) is 0 Å². The second kappa shape index (κ2) is 4.37. The zero-order valence-corrected chi connectivity index (χ0v) is 8.87. The third-order valence-electron chi connectivity index (χ3n) is 2.22. The summed E-state index contributed by atoms with van der Waals surface area (Å²) in [5.41, 5.74) is -0.652. The van der Waals surface area contributed by atoms with E-state index in [1.54, 1.807) is 0 Å². The van der Waals surface area contributed by atoms with Crippen molar-refractivity contribution >= 4 is 5.78 Å². The molecule has 0 aliphatic rings. The van der Waals surface area contributed by atoms with Crippen LogP contribution in [0.5, 0.6) is 5.75 Å². The average molecular weight is 238 g/mol. The number of halogens is 2. The fraction of sp³-hybridized carbons (Fsp3) is 0.0833. The van der Waals surface area contributed by atoms with Gasteiger partial charge in [-0.1, -0.05) is 0 Å². The van der Waals surface area contributed by atoms with Gasteiger partial charge in [0.1, 0.15) is 17.4 Å². The molecular formula is C12H8F2O3. The lowest BCUT2D eigenvalue weighted by Crippen LogP contribution is -2.07. The van der Waals surface area contributed by atoms with Crippen LogP contribution in [0.2, 0.25) is 0 Å². The quantitative estimate of drug-likeness (QED) is 0.772. The molecule has 88 valence electrons. The Kier molecular flexibility index (Phi) is 2.91. The zero-order chi connectivity index (χ0) is 12.4. The van der Waals surface area contributed by atoms with Gasteiger partial charge in [-0.3, -0.25) is 4.79 Å².